The van der Waals surface area contributed by atoms with Gasteiger partial charge >= 0.3 is 0 Å². The minimum absolute atomic E-state index is 0.0203. The van der Waals surface area contributed by atoms with Gasteiger partial charge in [0.25, 0.3) is 5.69 Å². The van der Waals surface area contributed by atoms with Crippen molar-refractivity contribution in [2.75, 3.05) is 6.61 Å². The van der Waals surface area contributed by atoms with E-state index in [-0.39, 0.29) is 18.7 Å². The van der Waals surface area contributed by atoms with Gasteiger partial charge in [-0.15, -0.1) is 0 Å². The quantitative estimate of drug-likeness (QED) is 0.649. The third-order valence-corrected chi connectivity index (χ3v) is 4.59. The zero-order valence-corrected chi connectivity index (χ0v) is 14.3. The van der Waals surface area contributed by atoms with Gasteiger partial charge in [0.15, 0.2) is 6.29 Å². The second-order valence-corrected chi connectivity index (χ2v) is 6.45. The molecule has 0 aromatic heterocycles. The highest BCUT2D eigenvalue weighted by Gasteiger charge is 2.44. The van der Waals surface area contributed by atoms with Crippen LogP contribution in [-0.4, -0.2) is 41.2 Å². The van der Waals surface area contributed by atoms with Crippen LogP contribution in [0.3, 0.4) is 0 Å². The average molecular weight is 373 g/mol. The van der Waals surface area contributed by atoms with Gasteiger partial charge in [-0.1, -0.05) is 30.3 Å². The summed E-state index contributed by atoms with van der Waals surface area (Å²) in [7, 11) is 0. The summed E-state index contributed by atoms with van der Waals surface area (Å²) < 4.78 is 23.2. The van der Waals surface area contributed by atoms with Crippen LogP contribution in [-0.2, 0) is 14.2 Å². The number of nitro benzene ring substituents is 1. The molecule has 2 aromatic rings. The first-order valence-corrected chi connectivity index (χ1v) is 8.67. The molecule has 4 rings (SSSR count). The van der Waals surface area contributed by atoms with Gasteiger partial charge < -0.3 is 24.1 Å². The minimum atomic E-state index is -0.776. The molecule has 2 aliphatic rings. The maximum absolute atomic E-state index is 10.7. The van der Waals surface area contributed by atoms with Crippen molar-refractivity contribution in [3.05, 3.63) is 70.3 Å². The smallest absolute Gasteiger partial charge is 0.269 e. The molecule has 142 valence electrons. The third kappa shape index (κ3) is 3.93. The molecule has 0 saturated carbocycles. The normalized spacial score (nSPS) is 30.3. The number of aliphatic hydroxyl groups is 1. The Morgan fingerprint density at radius 3 is 2.52 bits per heavy atom. The van der Waals surface area contributed by atoms with Crippen molar-refractivity contribution in [3.63, 3.8) is 0 Å². The first-order chi connectivity index (χ1) is 13.1. The van der Waals surface area contributed by atoms with E-state index in [9.17, 15) is 15.2 Å². The average Bonchev–Trinajstić information content (AvgIpc) is 2.69. The van der Waals surface area contributed by atoms with Gasteiger partial charge in [0.1, 0.15) is 18.0 Å². The standard InChI is InChI=1S/C19H19NO7/c21-15-10-17(25-14-8-6-13(7-9-14)20(22)23)26-16-11-24-19(27-18(15)16)12-4-2-1-3-5-12/h1-9,15-19,21H,10-11H2/t15-,16+,17-,18-,19-/m0/s1. The van der Waals surface area contributed by atoms with Gasteiger partial charge in [-0.05, 0) is 12.1 Å². The van der Waals surface area contributed by atoms with Crippen LogP contribution < -0.4 is 4.74 Å². The fraction of sp³-hybridized carbons (Fsp3) is 0.368. The number of aliphatic hydroxyl groups excluding tert-OH is 1. The van der Waals surface area contributed by atoms with Gasteiger partial charge in [0.05, 0.1) is 17.6 Å². The second kappa shape index (κ2) is 7.61. The summed E-state index contributed by atoms with van der Waals surface area (Å²) in [5.74, 6) is 0.427. The monoisotopic (exact) mass is 373 g/mol. The van der Waals surface area contributed by atoms with E-state index in [0.29, 0.717) is 5.75 Å². The van der Waals surface area contributed by atoms with E-state index in [1.54, 1.807) is 0 Å². The van der Waals surface area contributed by atoms with E-state index in [4.69, 9.17) is 18.9 Å². The Labute approximate surface area is 155 Å². The SMILES string of the molecule is O=[N+]([O-])c1ccc(O[C@@H]2C[C@H](O)[C@@H]3O[C@@H](c4ccccc4)OC[C@H]3O2)cc1. The number of fused-ring (bicyclic) bond motifs is 1. The van der Waals surface area contributed by atoms with Crippen LogP contribution in [0.4, 0.5) is 5.69 Å². The van der Waals surface area contributed by atoms with Gasteiger partial charge in [0.2, 0.25) is 6.29 Å². The number of hydrogen-bond donors (Lipinski definition) is 1. The minimum Gasteiger partial charge on any atom is -0.465 e. The lowest BCUT2D eigenvalue weighted by atomic mass is 10.0. The Morgan fingerprint density at radius 2 is 1.81 bits per heavy atom. The lowest BCUT2D eigenvalue weighted by Gasteiger charge is -2.44. The van der Waals surface area contributed by atoms with Gasteiger partial charge in [-0.25, -0.2) is 0 Å². The predicted molar refractivity (Wildman–Crippen MR) is 93.0 cm³/mol. The molecule has 0 aliphatic carbocycles. The van der Waals surface area contributed by atoms with Crippen molar-refractivity contribution in [1.82, 2.24) is 0 Å². The number of hydrogen-bond acceptors (Lipinski definition) is 7. The van der Waals surface area contributed by atoms with Crippen LogP contribution in [0.1, 0.15) is 18.3 Å². The summed E-state index contributed by atoms with van der Waals surface area (Å²) in [5, 5.41) is 21.2. The van der Waals surface area contributed by atoms with Crippen LogP contribution in [0.25, 0.3) is 0 Å². The lowest BCUT2D eigenvalue weighted by Crippen LogP contribution is -2.55. The fourth-order valence-corrected chi connectivity index (χ4v) is 3.24. The highest BCUT2D eigenvalue weighted by Crippen LogP contribution is 2.34. The van der Waals surface area contributed by atoms with Crippen LogP contribution in [0.2, 0.25) is 0 Å². The second-order valence-electron chi connectivity index (χ2n) is 6.45. The first-order valence-electron chi connectivity index (χ1n) is 8.67. The van der Waals surface area contributed by atoms with E-state index in [1.165, 1.54) is 24.3 Å². The Bertz CT molecular complexity index is 782. The number of nitro groups is 1. The van der Waals surface area contributed by atoms with Crippen LogP contribution >= 0.6 is 0 Å². The van der Waals surface area contributed by atoms with E-state index < -0.39 is 35.8 Å². The fourth-order valence-electron chi connectivity index (χ4n) is 3.24. The summed E-state index contributed by atoms with van der Waals surface area (Å²) in [6.45, 7) is 0.265. The van der Waals surface area contributed by atoms with Crippen molar-refractivity contribution < 1.29 is 29.0 Å². The Balaban J connectivity index is 1.38. The molecule has 2 aromatic carbocycles. The molecular formula is C19H19NO7. The topological polar surface area (TPSA) is 100 Å². The van der Waals surface area contributed by atoms with E-state index >= 15 is 0 Å². The van der Waals surface area contributed by atoms with Crippen molar-refractivity contribution in [3.8, 4) is 5.75 Å². The van der Waals surface area contributed by atoms with Gasteiger partial charge in [0, 0.05) is 24.1 Å². The van der Waals surface area contributed by atoms with Crippen molar-refractivity contribution >= 4 is 5.69 Å². The molecule has 0 bridgehead atoms. The summed E-state index contributed by atoms with van der Waals surface area (Å²) in [5.41, 5.74) is 0.862. The zero-order chi connectivity index (χ0) is 18.8. The maximum Gasteiger partial charge on any atom is 0.269 e. The molecule has 8 nitrogen and oxygen atoms in total. The third-order valence-electron chi connectivity index (χ3n) is 4.59. The molecule has 2 fully saturated rings. The van der Waals surface area contributed by atoms with Crippen LogP contribution in [0.15, 0.2) is 54.6 Å². The predicted octanol–water partition coefficient (Wildman–Crippen LogP) is 2.56. The molecule has 0 amide bonds. The van der Waals surface area contributed by atoms with Crippen LogP contribution in [0.5, 0.6) is 5.75 Å². The number of nitrogens with zero attached hydrogens (tertiary/aromatic N) is 1. The molecule has 2 saturated heterocycles. The number of non-ortho nitro benzene ring substituents is 1. The summed E-state index contributed by atoms with van der Waals surface area (Å²) >= 11 is 0. The highest BCUT2D eigenvalue weighted by atomic mass is 16.7. The largest absolute Gasteiger partial charge is 0.465 e. The van der Waals surface area contributed by atoms with Gasteiger partial charge in [-0.2, -0.15) is 0 Å². The van der Waals surface area contributed by atoms with Crippen molar-refractivity contribution in [2.45, 2.75) is 37.3 Å². The molecule has 27 heavy (non-hydrogen) atoms. The van der Waals surface area contributed by atoms with Crippen molar-refractivity contribution in [2.24, 2.45) is 0 Å². The van der Waals surface area contributed by atoms with E-state index in [2.05, 4.69) is 0 Å². The van der Waals surface area contributed by atoms with E-state index in [1.807, 2.05) is 30.3 Å². The maximum atomic E-state index is 10.7. The highest BCUT2D eigenvalue weighted by molar-refractivity contribution is 5.36. The molecule has 0 radical (unpaired) electrons. The Kier molecular flexibility index (Phi) is 5.04. The zero-order valence-electron chi connectivity index (χ0n) is 14.3. The summed E-state index contributed by atoms with van der Waals surface area (Å²) in [4.78, 5) is 10.2. The Hall–Kier alpha value is -2.52. The molecule has 2 heterocycles. The first kappa shape index (κ1) is 17.9. The summed E-state index contributed by atoms with van der Waals surface area (Å²) in [6.07, 6.45) is -2.76. The number of rotatable bonds is 4. The summed E-state index contributed by atoms with van der Waals surface area (Å²) in [6, 6.07) is 15.2. The molecule has 2 aliphatic heterocycles. The van der Waals surface area contributed by atoms with Gasteiger partial charge in [-0.3, -0.25) is 10.1 Å². The molecule has 0 spiro atoms. The molecule has 5 atom stereocenters. The Morgan fingerprint density at radius 1 is 1.07 bits per heavy atom. The number of benzene rings is 2. The lowest BCUT2D eigenvalue weighted by molar-refractivity contribution is -0.384. The number of ether oxygens (including phenoxy) is 4. The molecule has 8 heteroatoms. The molecule has 0 unspecified atom stereocenters. The van der Waals surface area contributed by atoms with E-state index in [0.717, 1.165) is 5.56 Å². The van der Waals surface area contributed by atoms with Crippen molar-refractivity contribution in [1.29, 1.82) is 0 Å². The van der Waals surface area contributed by atoms with Crippen LogP contribution in [0, 0.1) is 10.1 Å². The molecule has 1 N–H and O–H groups in total. The molecular weight excluding hydrogens is 354 g/mol.